The molecule has 0 radical (unpaired) electrons. The number of hydrogen-bond donors (Lipinski definition) is 1. The van der Waals surface area contributed by atoms with Crippen molar-refractivity contribution >= 4 is 17.8 Å². The number of carbonyl (C=O) groups is 3. The van der Waals surface area contributed by atoms with Gasteiger partial charge in [0.1, 0.15) is 11.8 Å². The molecule has 3 aliphatic heterocycles. The third kappa shape index (κ3) is 6.13. The molecule has 9 nitrogen and oxygen atoms in total. The summed E-state index contributed by atoms with van der Waals surface area (Å²) in [6.07, 6.45) is 5.93. The second kappa shape index (κ2) is 11.9. The van der Waals surface area contributed by atoms with E-state index in [-0.39, 0.29) is 24.8 Å². The lowest BCUT2D eigenvalue weighted by molar-refractivity contribution is -0.137. The van der Waals surface area contributed by atoms with Crippen molar-refractivity contribution in [3.8, 4) is 5.75 Å². The molecule has 3 aliphatic rings. The van der Waals surface area contributed by atoms with Crippen molar-refractivity contribution in [3.63, 3.8) is 0 Å². The first-order valence-corrected chi connectivity index (χ1v) is 12.8. The molecule has 4 rings (SSSR count). The van der Waals surface area contributed by atoms with Crippen molar-refractivity contribution in [1.29, 1.82) is 0 Å². The number of urea groups is 1. The Balaban J connectivity index is 1.37. The Morgan fingerprint density at radius 2 is 1.86 bits per heavy atom. The number of piperidine rings is 2. The van der Waals surface area contributed by atoms with Crippen LogP contribution in [-0.2, 0) is 20.9 Å². The fraction of sp³-hybridized carbons (Fsp3) is 0.654. The monoisotopic (exact) mass is 486 g/mol. The molecule has 0 saturated carbocycles. The largest absolute Gasteiger partial charge is 0.497 e. The van der Waals surface area contributed by atoms with E-state index in [1.807, 2.05) is 17.0 Å². The molecule has 3 fully saturated rings. The molecule has 1 N–H and O–H groups in total. The highest BCUT2D eigenvalue weighted by Gasteiger charge is 2.40. The van der Waals surface area contributed by atoms with Gasteiger partial charge in [-0.3, -0.25) is 14.5 Å². The summed E-state index contributed by atoms with van der Waals surface area (Å²) in [6, 6.07) is 6.46. The van der Waals surface area contributed by atoms with Crippen LogP contribution in [0.2, 0.25) is 0 Å². The molecule has 1 aromatic carbocycles. The fourth-order valence-electron chi connectivity index (χ4n) is 5.67. The second-order valence-electron chi connectivity index (χ2n) is 9.81. The van der Waals surface area contributed by atoms with Crippen LogP contribution in [0.15, 0.2) is 24.3 Å². The summed E-state index contributed by atoms with van der Waals surface area (Å²) in [5.74, 6) is 0.673. The number of carbonyl (C=O) groups excluding carboxylic acids is 3. The van der Waals surface area contributed by atoms with E-state index >= 15 is 0 Å². The maximum Gasteiger partial charge on any atom is 0.325 e. The van der Waals surface area contributed by atoms with Gasteiger partial charge in [-0.1, -0.05) is 18.6 Å². The van der Waals surface area contributed by atoms with Crippen LogP contribution in [0.1, 0.15) is 44.1 Å². The molecule has 0 bridgehead atoms. The molecule has 0 unspecified atom stereocenters. The lowest BCUT2D eigenvalue weighted by Crippen LogP contribution is -2.52. The molecular weight excluding hydrogens is 448 g/mol. The maximum atomic E-state index is 13.3. The predicted molar refractivity (Wildman–Crippen MR) is 131 cm³/mol. The number of nitrogens with zero attached hydrogens (tertiary/aromatic N) is 3. The number of amides is 4. The summed E-state index contributed by atoms with van der Waals surface area (Å²) < 4.78 is 10.4. The van der Waals surface area contributed by atoms with Crippen molar-refractivity contribution < 1.29 is 23.9 Å². The van der Waals surface area contributed by atoms with Gasteiger partial charge in [0.25, 0.3) is 5.91 Å². The van der Waals surface area contributed by atoms with Crippen molar-refractivity contribution in [1.82, 2.24) is 20.0 Å². The van der Waals surface area contributed by atoms with Crippen LogP contribution in [0.4, 0.5) is 4.79 Å². The minimum absolute atomic E-state index is 0.0332. The van der Waals surface area contributed by atoms with Crippen LogP contribution < -0.4 is 10.1 Å². The summed E-state index contributed by atoms with van der Waals surface area (Å²) >= 11 is 0. The first kappa shape index (κ1) is 25.4. The molecule has 0 aliphatic carbocycles. The minimum Gasteiger partial charge on any atom is -0.497 e. The molecule has 3 atom stereocenters. The smallest absolute Gasteiger partial charge is 0.325 e. The Morgan fingerprint density at radius 1 is 1.09 bits per heavy atom. The number of methoxy groups -OCH3 is 2. The first-order chi connectivity index (χ1) is 17.0. The summed E-state index contributed by atoms with van der Waals surface area (Å²) in [6.45, 7) is 4.07. The molecular formula is C26H38N4O5. The van der Waals surface area contributed by atoms with Gasteiger partial charge in [-0.2, -0.15) is 0 Å². The Bertz CT molecular complexity index is 890. The van der Waals surface area contributed by atoms with Crippen LogP contribution in [0.5, 0.6) is 5.75 Å². The highest BCUT2D eigenvalue weighted by Crippen LogP contribution is 2.31. The van der Waals surface area contributed by atoms with Crippen LogP contribution in [0.3, 0.4) is 0 Å². The van der Waals surface area contributed by atoms with Crippen LogP contribution in [0.25, 0.3) is 0 Å². The van der Waals surface area contributed by atoms with Gasteiger partial charge in [0.05, 0.1) is 26.7 Å². The molecule has 3 saturated heterocycles. The topological polar surface area (TPSA) is 91.4 Å². The molecule has 35 heavy (non-hydrogen) atoms. The quantitative estimate of drug-likeness (QED) is 0.510. The lowest BCUT2D eigenvalue weighted by atomic mass is 9.83. The average Bonchev–Trinajstić information content (AvgIpc) is 3.14. The number of nitrogens with one attached hydrogen (secondary N) is 1. The van der Waals surface area contributed by atoms with Gasteiger partial charge < -0.3 is 24.6 Å². The number of imide groups is 1. The number of rotatable bonds is 10. The van der Waals surface area contributed by atoms with Gasteiger partial charge >= 0.3 is 6.03 Å². The van der Waals surface area contributed by atoms with E-state index in [4.69, 9.17) is 9.47 Å². The summed E-state index contributed by atoms with van der Waals surface area (Å²) in [4.78, 5) is 44.5. The van der Waals surface area contributed by atoms with Crippen molar-refractivity contribution in [3.05, 3.63) is 29.8 Å². The van der Waals surface area contributed by atoms with Crippen LogP contribution >= 0.6 is 0 Å². The third-order valence-electron chi connectivity index (χ3n) is 7.59. The molecule has 3 heterocycles. The highest BCUT2D eigenvalue weighted by molar-refractivity contribution is 6.05. The predicted octanol–water partition coefficient (Wildman–Crippen LogP) is 2.25. The molecule has 0 aromatic heterocycles. The fourth-order valence-corrected chi connectivity index (χ4v) is 5.67. The third-order valence-corrected chi connectivity index (χ3v) is 7.59. The summed E-state index contributed by atoms with van der Waals surface area (Å²) in [5.41, 5.74) is 0.817. The van der Waals surface area contributed by atoms with E-state index in [1.54, 1.807) is 26.4 Å². The summed E-state index contributed by atoms with van der Waals surface area (Å²) in [7, 11) is 3.22. The lowest BCUT2D eigenvalue weighted by Gasteiger charge is -2.45. The average molecular weight is 487 g/mol. The Kier molecular flexibility index (Phi) is 8.62. The SMILES string of the molecule is COCCN(C[C@@H]1CCCN2CCCC[C@@H]12)C(=O)C[C@H]1NC(=O)N(Cc2ccc(OC)cc2)C1=O. The van der Waals surface area contributed by atoms with Gasteiger partial charge in [-0.25, -0.2) is 4.79 Å². The van der Waals surface area contributed by atoms with E-state index < -0.39 is 12.1 Å². The van der Waals surface area contributed by atoms with E-state index in [0.29, 0.717) is 37.4 Å². The number of hydrogen-bond acceptors (Lipinski definition) is 6. The Morgan fingerprint density at radius 3 is 2.60 bits per heavy atom. The number of fused-ring (bicyclic) bond motifs is 1. The van der Waals surface area contributed by atoms with Crippen LogP contribution in [0, 0.1) is 5.92 Å². The number of benzene rings is 1. The van der Waals surface area contributed by atoms with E-state index in [0.717, 1.165) is 31.5 Å². The van der Waals surface area contributed by atoms with E-state index in [9.17, 15) is 14.4 Å². The number of ether oxygens (including phenoxy) is 2. The molecule has 1 aromatic rings. The summed E-state index contributed by atoms with van der Waals surface area (Å²) in [5, 5.41) is 2.71. The van der Waals surface area contributed by atoms with Crippen molar-refractivity contribution in [2.45, 2.75) is 57.2 Å². The van der Waals surface area contributed by atoms with Gasteiger partial charge in [0.2, 0.25) is 5.91 Å². The minimum atomic E-state index is -0.837. The Hall–Kier alpha value is -2.65. The van der Waals surface area contributed by atoms with Gasteiger partial charge in [-0.15, -0.1) is 0 Å². The van der Waals surface area contributed by atoms with Gasteiger partial charge in [0, 0.05) is 26.2 Å². The zero-order valence-electron chi connectivity index (χ0n) is 20.9. The zero-order valence-corrected chi connectivity index (χ0v) is 20.9. The first-order valence-electron chi connectivity index (χ1n) is 12.8. The highest BCUT2D eigenvalue weighted by atomic mass is 16.5. The normalized spacial score (nSPS) is 24.7. The Labute approximate surface area is 207 Å². The molecule has 192 valence electrons. The maximum absolute atomic E-state index is 13.3. The standard InChI is InChI=1S/C26H38N4O5/c1-34-15-14-29(18-20-6-5-13-28-12-4-3-7-23(20)28)24(31)16-22-25(32)30(26(33)27-22)17-19-8-10-21(35-2)11-9-19/h8-11,20,22-23H,3-7,12-18H2,1-2H3,(H,27,33)/t20-,22+,23-/m0/s1. The molecule has 0 spiro atoms. The van der Waals surface area contributed by atoms with Gasteiger partial charge in [-0.05, 0) is 62.4 Å². The van der Waals surface area contributed by atoms with Gasteiger partial charge in [0.15, 0.2) is 0 Å². The molecule has 4 amide bonds. The van der Waals surface area contributed by atoms with Crippen molar-refractivity contribution in [2.75, 3.05) is 47.0 Å². The van der Waals surface area contributed by atoms with Crippen molar-refractivity contribution in [2.24, 2.45) is 5.92 Å². The second-order valence-corrected chi connectivity index (χ2v) is 9.81. The van der Waals surface area contributed by atoms with E-state index in [2.05, 4.69) is 10.2 Å². The van der Waals surface area contributed by atoms with E-state index in [1.165, 1.54) is 24.2 Å². The van der Waals surface area contributed by atoms with Crippen LogP contribution in [-0.4, -0.2) is 91.6 Å². The molecule has 9 heteroatoms. The zero-order chi connectivity index (χ0) is 24.8.